The summed E-state index contributed by atoms with van der Waals surface area (Å²) in [5.74, 6) is -1.46. The van der Waals surface area contributed by atoms with Crippen LogP contribution in [0.5, 0.6) is 0 Å². The molecule has 17 heavy (non-hydrogen) atoms. The minimum Gasteiger partial charge on any atom is -0.334 e. The minimum atomic E-state index is -0.745. The summed E-state index contributed by atoms with van der Waals surface area (Å²) < 4.78 is 32.1. The summed E-state index contributed by atoms with van der Waals surface area (Å²) in [6.07, 6.45) is 0. The molecule has 90 valence electrons. The number of hydrogen-bond acceptors (Lipinski definition) is 3. The minimum absolute atomic E-state index is 0.196. The highest BCUT2D eigenvalue weighted by Crippen LogP contribution is 2.28. The van der Waals surface area contributed by atoms with Gasteiger partial charge in [-0.3, -0.25) is 0 Å². The molecule has 3 nitrogen and oxygen atoms in total. The molecule has 0 radical (unpaired) electrons. The first-order chi connectivity index (χ1) is 8.00. The lowest BCUT2D eigenvalue weighted by molar-refractivity contribution is 0.417. The smallest absolute Gasteiger partial charge is 0.263 e. The van der Waals surface area contributed by atoms with Crippen molar-refractivity contribution in [3.05, 3.63) is 35.2 Å². The van der Waals surface area contributed by atoms with Crippen LogP contribution in [0.25, 0.3) is 11.5 Å². The molecule has 0 aliphatic rings. The Morgan fingerprint density at radius 1 is 1.35 bits per heavy atom. The molecule has 0 N–H and O–H groups in total. The lowest BCUT2D eigenvalue weighted by atomic mass is 10.1. The van der Waals surface area contributed by atoms with Crippen LogP contribution in [0.1, 0.15) is 23.7 Å². The summed E-state index contributed by atoms with van der Waals surface area (Å²) in [6.45, 7) is 3.17. The van der Waals surface area contributed by atoms with Crippen molar-refractivity contribution >= 4 is 11.6 Å². The SMILES string of the molecule is Cc1ccc(F)c(-c2nc(C(C)Cl)no2)c1F. The van der Waals surface area contributed by atoms with E-state index < -0.39 is 17.0 Å². The van der Waals surface area contributed by atoms with Gasteiger partial charge < -0.3 is 4.52 Å². The topological polar surface area (TPSA) is 38.9 Å². The molecule has 0 bridgehead atoms. The number of rotatable bonds is 2. The van der Waals surface area contributed by atoms with Crippen molar-refractivity contribution in [3.8, 4) is 11.5 Å². The molecule has 0 saturated carbocycles. The van der Waals surface area contributed by atoms with Crippen LogP contribution < -0.4 is 0 Å². The van der Waals surface area contributed by atoms with Gasteiger partial charge in [-0.25, -0.2) is 8.78 Å². The second-order valence-corrected chi connectivity index (χ2v) is 4.28. The van der Waals surface area contributed by atoms with E-state index >= 15 is 0 Å². The predicted octanol–water partition coefficient (Wildman–Crippen LogP) is 3.62. The lowest BCUT2D eigenvalue weighted by Crippen LogP contribution is -1.94. The van der Waals surface area contributed by atoms with E-state index in [1.54, 1.807) is 6.92 Å². The first-order valence-electron chi connectivity index (χ1n) is 4.93. The Morgan fingerprint density at radius 3 is 2.65 bits per heavy atom. The van der Waals surface area contributed by atoms with Gasteiger partial charge in [-0.15, -0.1) is 11.6 Å². The van der Waals surface area contributed by atoms with Crippen LogP contribution in [0.3, 0.4) is 0 Å². The van der Waals surface area contributed by atoms with Crippen molar-refractivity contribution in [2.75, 3.05) is 0 Å². The second kappa shape index (κ2) is 4.41. The van der Waals surface area contributed by atoms with Crippen LogP contribution in [0, 0.1) is 18.6 Å². The van der Waals surface area contributed by atoms with Gasteiger partial charge in [0.2, 0.25) is 0 Å². The third-order valence-corrected chi connectivity index (χ3v) is 2.49. The average molecular weight is 259 g/mol. The van der Waals surface area contributed by atoms with E-state index in [0.717, 1.165) is 6.07 Å². The van der Waals surface area contributed by atoms with E-state index in [2.05, 4.69) is 10.1 Å². The highest BCUT2D eigenvalue weighted by molar-refractivity contribution is 6.20. The van der Waals surface area contributed by atoms with Gasteiger partial charge in [0.05, 0.1) is 5.38 Å². The van der Waals surface area contributed by atoms with Crippen LogP contribution in [0.2, 0.25) is 0 Å². The molecule has 6 heteroatoms. The van der Waals surface area contributed by atoms with Crippen LogP contribution in [0.15, 0.2) is 16.7 Å². The maximum Gasteiger partial charge on any atom is 0.263 e. The average Bonchev–Trinajstić information content (AvgIpc) is 2.73. The van der Waals surface area contributed by atoms with E-state index in [1.165, 1.54) is 13.0 Å². The zero-order chi connectivity index (χ0) is 12.6. The quantitative estimate of drug-likeness (QED) is 0.772. The molecule has 1 unspecified atom stereocenters. The summed E-state index contributed by atoms with van der Waals surface area (Å²) >= 11 is 5.74. The molecular weight excluding hydrogens is 250 g/mol. The summed E-state index contributed by atoms with van der Waals surface area (Å²) in [7, 11) is 0. The fourth-order valence-electron chi connectivity index (χ4n) is 1.35. The molecule has 2 aromatic rings. The molecule has 1 aromatic heterocycles. The molecule has 0 fully saturated rings. The van der Waals surface area contributed by atoms with Crippen molar-refractivity contribution < 1.29 is 13.3 Å². The van der Waals surface area contributed by atoms with E-state index in [0.29, 0.717) is 5.56 Å². The summed E-state index contributed by atoms with van der Waals surface area (Å²) in [5.41, 5.74) is -0.0128. The lowest BCUT2D eigenvalue weighted by Gasteiger charge is -2.02. The number of aromatic nitrogens is 2. The van der Waals surface area contributed by atoms with Gasteiger partial charge in [0.15, 0.2) is 5.82 Å². The van der Waals surface area contributed by atoms with Gasteiger partial charge in [0.1, 0.15) is 17.2 Å². The van der Waals surface area contributed by atoms with Crippen LogP contribution in [-0.4, -0.2) is 10.1 Å². The molecule has 0 aliphatic heterocycles. The summed E-state index contributed by atoms with van der Waals surface area (Å²) in [6, 6.07) is 2.50. The first kappa shape index (κ1) is 12.0. The van der Waals surface area contributed by atoms with Gasteiger partial charge in [0, 0.05) is 0 Å². The second-order valence-electron chi connectivity index (χ2n) is 3.63. The van der Waals surface area contributed by atoms with Gasteiger partial charge in [0.25, 0.3) is 5.89 Å². The van der Waals surface area contributed by atoms with E-state index in [-0.39, 0.29) is 17.3 Å². The monoisotopic (exact) mass is 258 g/mol. The van der Waals surface area contributed by atoms with Gasteiger partial charge in [-0.05, 0) is 25.5 Å². The van der Waals surface area contributed by atoms with Gasteiger partial charge in [-0.1, -0.05) is 11.2 Å². The highest BCUT2D eigenvalue weighted by Gasteiger charge is 2.20. The standard InChI is InChI=1S/C11H9ClF2N2O/c1-5-3-4-7(13)8(9(5)14)11-15-10(6(2)12)16-17-11/h3-4,6H,1-2H3. The van der Waals surface area contributed by atoms with E-state index in [1.807, 2.05) is 0 Å². The maximum absolute atomic E-state index is 13.8. The van der Waals surface area contributed by atoms with Crippen LogP contribution in [0.4, 0.5) is 8.78 Å². The number of hydrogen-bond donors (Lipinski definition) is 0. The molecule has 1 atom stereocenters. The van der Waals surface area contributed by atoms with Crippen molar-refractivity contribution in [2.24, 2.45) is 0 Å². The van der Waals surface area contributed by atoms with Gasteiger partial charge in [-0.2, -0.15) is 4.98 Å². The summed E-state index contributed by atoms with van der Waals surface area (Å²) in [4.78, 5) is 3.85. The largest absolute Gasteiger partial charge is 0.334 e. The first-order valence-corrected chi connectivity index (χ1v) is 5.37. The van der Waals surface area contributed by atoms with Crippen molar-refractivity contribution in [1.29, 1.82) is 0 Å². The third-order valence-electron chi connectivity index (χ3n) is 2.30. The number of nitrogens with zero attached hydrogens (tertiary/aromatic N) is 2. The Balaban J connectivity index is 2.56. The molecule has 2 rings (SSSR count). The molecule has 1 aromatic carbocycles. The number of alkyl halides is 1. The highest BCUT2D eigenvalue weighted by atomic mass is 35.5. The fourth-order valence-corrected chi connectivity index (χ4v) is 1.44. The molecular formula is C11H9ClF2N2O. The molecule has 0 saturated heterocycles. The van der Waals surface area contributed by atoms with E-state index in [4.69, 9.17) is 16.1 Å². The Kier molecular flexibility index (Phi) is 3.11. The Hall–Kier alpha value is -1.49. The van der Waals surface area contributed by atoms with Gasteiger partial charge >= 0.3 is 0 Å². The van der Waals surface area contributed by atoms with Crippen molar-refractivity contribution in [3.63, 3.8) is 0 Å². The Morgan fingerprint density at radius 2 is 2.06 bits per heavy atom. The normalized spacial score (nSPS) is 12.8. The summed E-state index contributed by atoms with van der Waals surface area (Å²) in [5, 5.41) is 3.07. The zero-order valence-corrected chi connectivity index (χ0v) is 9.92. The van der Waals surface area contributed by atoms with Crippen molar-refractivity contribution in [2.45, 2.75) is 19.2 Å². The fraction of sp³-hybridized carbons (Fsp3) is 0.273. The van der Waals surface area contributed by atoms with E-state index in [9.17, 15) is 8.78 Å². The van der Waals surface area contributed by atoms with Crippen LogP contribution in [-0.2, 0) is 0 Å². The number of aryl methyl sites for hydroxylation is 1. The van der Waals surface area contributed by atoms with Crippen molar-refractivity contribution in [1.82, 2.24) is 10.1 Å². The molecule has 0 spiro atoms. The Labute approximate surface area is 101 Å². The maximum atomic E-state index is 13.8. The Bertz CT molecular complexity index is 554. The molecule has 0 aliphatic carbocycles. The predicted molar refractivity (Wildman–Crippen MR) is 58.7 cm³/mol. The number of halogens is 3. The third kappa shape index (κ3) is 2.15. The van der Waals surface area contributed by atoms with Crippen LogP contribution >= 0.6 is 11.6 Å². The molecule has 0 amide bonds. The molecule has 1 heterocycles. The number of benzene rings is 1. The zero-order valence-electron chi connectivity index (χ0n) is 9.17.